The summed E-state index contributed by atoms with van der Waals surface area (Å²) in [5, 5.41) is 11.8. The molecule has 1 aliphatic carbocycles. The number of carbonyl (C=O) groups is 2. The molecule has 1 atom stereocenters. The van der Waals surface area contributed by atoms with Crippen LogP contribution in [0.4, 0.5) is 0 Å². The maximum Gasteiger partial charge on any atom is 0.340 e. The average Bonchev–Trinajstić information content (AvgIpc) is 3.29. The summed E-state index contributed by atoms with van der Waals surface area (Å²) in [7, 11) is 0. The van der Waals surface area contributed by atoms with Gasteiger partial charge in [-0.2, -0.15) is 5.26 Å². The fourth-order valence-corrected chi connectivity index (χ4v) is 2.31. The molecule has 1 aromatic rings. The zero-order valence-electron chi connectivity index (χ0n) is 11.4. The molecule has 0 aliphatic heterocycles. The standard InChI is InChI=1S/C14H14BrN3O3/c1-14(8-16,10-2-3-10)18-12(19)7-21-13(20)9-4-11(15)6-17-5-9/h4-6,10H,2-3,7H2,1H3,(H,18,19)/t14-/m0/s1. The largest absolute Gasteiger partial charge is 0.452 e. The second kappa shape index (κ2) is 6.22. The van der Waals surface area contributed by atoms with Crippen LogP contribution in [0.15, 0.2) is 22.9 Å². The number of halogens is 1. The first-order valence-corrected chi connectivity index (χ1v) is 7.24. The zero-order valence-corrected chi connectivity index (χ0v) is 13.0. The van der Waals surface area contributed by atoms with Crippen molar-refractivity contribution in [3.05, 3.63) is 28.5 Å². The fraction of sp³-hybridized carbons (Fsp3) is 0.429. The van der Waals surface area contributed by atoms with Crippen molar-refractivity contribution in [2.75, 3.05) is 6.61 Å². The van der Waals surface area contributed by atoms with E-state index in [2.05, 4.69) is 32.3 Å². The Balaban J connectivity index is 1.87. The smallest absolute Gasteiger partial charge is 0.340 e. The number of esters is 1. The van der Waals surface area contributed by atoms with Gasteiger partial charge >= 0.3 is 5.97 Å². The normalized spacial score (nSPS) is 16.4. The third kappa shape index (κ3) is 4.02. The van der Waals surface area contributed by atoms with Crippen LogP contribution in [0.25, 0.3) is 0 Å². The van der Waals surface area contributed by atoms with E-state index in [9.17, 15) is 9.59 Å². The van der Waals surface area contributed by atoms with E-state index in [-0.39, 0.29) is 11.5 Å². The van der Waals surface area contributed by atoms with Gasteiger partial charge < -0.3 is 10.1 Å². The van der Waals surface area contributed by atoms with Crippen molar-refractivity contribution >= 4 is 27.8 Å². The minimum Gasteiger partial charge on any atom is -0.452 e. The number of carbonyl (C=O) groups excluding carboxylic acids is 2. The Kier molecular flexibility index (Phi) is 4.58. The van der Waals surface area contributed by atoms with Crippen LogP contribution in [0.5, 0.6) is 0 Å². The highest BCUT2D eigenvalue weighted by Crippen LogP contribution is 2.39. The number of pyridine rings is 1. The summed E-state index contributed by atoms with van der Waals surface area (Å²) in [6.07, 6.45) is 4.74. The van der Waals surface area contributed by atoms with Gasteiger partial charge in [0.2, 0.25) is 0 Å². The summed E-state index contributed by atoms with van der Waals surface area (Å²) in [5.41, 5.74) is -0.636. The van der Waals surface area contributed by atoms with Crippen LogP contribution in [0.3, 0.4) is 0 Å². The Morgan fingerprint density at radius 3 is 2.86 bits per heavy atom. The number of hydrogen-bond acceptors (Lipinski definition) is 5. The first-order chi connectivity index (χ1) is 9.94. The summed E-state index contributed by atoms with van der Waals surface area (Å²) >= 11 is 3.20. The van der Waals surface area contributed by atoms with Crippen LogP contribution in [0.2, 0.25) is 0 Å². The molecule has 1 aromatic heterocycles. The Hall–Kier alpha value is -1.94. The van der Waals surface area contributed by atoms with E-state index in [0.29, 0.717) is 4.47 Å². The lowest BCUT2D eigenvalue weighted by molar-refractivity contribution is -0.125. The number of hydrogen-bond donors (Lipinski definition) is 1. The Bertz CT molecular complexity index is 610. The van der Waals surface area contributed by atoms with E-state index in [1.807, 2.05) is 0 Å². The number of nitriles is 1. The van der Waals surface area contributed by atoms with Gasteiger partial charge in [0, 0.05) is 16.9 Å². The van der Waals surface area contributed by atoms with Crippen molar-refractivity contribution in [1.82, 2.24) is 10.3 Å². The molecular formula is C14H14BrN3O3. The molecule has 1 N–H and O–H groups in total. The highest BCUT2D eigenvalue weighted by atomic mass is 79.9. The van der Waals surface area contributed by atoms with E-state index in [0.717, 1.165) is 12.8 Å². The van der Waals surface area contributed by atoms with Crippen LogP contribution in [0, 0.1) is 17.2 Å². The fourth-order valence-electron chi connectivity index (χ4n) is 1.95. The molecule has 1 heterocycles. The SMILES string of the molecule is C[C@@](C#N)(NC(=O)COC(=O)c1cncc(Br)c1)C1CC1. The minimum absolute atomic E-state index is 0.177. The van der Waals surface area contributed by atoms with Gasteiger partial charge in [0.15, 0.2) is 6.61 Å². The highest BCUT2D eigenvalue weighted by Gasteiger charge is 2.43. The Morgan fingerprint density at radius 2 is 2.29 bits per heavy atom. The van der Waals surface area contributed by atoms with Gasteiger partial charge in [-0.15, -0.1) is 0 Å². The van der Waals surface area contributed by atoms with E-state index in [1.165, 1.54) is 12.4 Å². The number of rotatable bonds is 5. The maximum absolute atomic E-state index is 11.8. The zero-order chi connectivity index (χ0) is 15.5. The third-order valence-electron chi connectivity index (χ3n) is 3.30. The molecule has 1 saturated carbocycles. The van der Waals surface area contributed by atoms with E-state index < -0.39 is 24.0 Å². The first kappa shape index (κ1) is 15.4. The van der Waals surface area contributed by atoms with Crippen LogP contribution in [-0.2, 0) is 9.53 Å². The number of nitrogens with one attached hydrogen (secondary N) is 1. The molecular weight excluding hydrogens is 338 g/mol. The first-order valence-electron chi connectivity index (χ1n) is 6.44. The van der Waals surface area contributed by atoms with Crippen molar-refractivity contribution in [2.24, 2.45) is 5.92 Å². The number of nitrogens with zero attached hydrogens (tertiary/aromatic N) is 2. The molecule has 6 nitrogen and oxygen atoms in total. The molecule has 1 fully saturated rings. The van der Waals surface area contributed by atoms with Gasteiger partial charge in [-0.25, -0.2) is 4.79 Å². The van der Waals surface area contributed by atoms with E-state index >= 15 is 0 Å². The lowest BCUT2D eigenvalue weighted by atomic mass is 9.98. The predicted octanol–water partition coefficient (Wildman–Crippen LogP) is 1.81. The van der Waals surface area contributed by atoms with E-state index in [4.69, 9.17) is 10.00 Å². The van der Waals surface area contributed by atoms with Gasteiger partial charge in [-0.3, -0.25) is 9.78 Å². The molecule has 0 radical (unpaired) electrons. The summed E-state index contributed by atoms with van der Waals surface area (Å²) in [5.74, 6) is -0.942. The Labute approximate surface area is 130 Å². The third-order valence-corrected chi connectivity index (χ3v) is 3.73. The van der Waals surface area contributed by atoms with Gasteiger partial charge in [0.05, 0.1) is 11.6 Å². The van der Waals surface area contributed by atoms with Gasteiger partial charge in [-0.05, 0) is 47.7 Å². The summed E-state index contributed by atoms with van der Waals surface area (Å²) in [4.78, 5) is 27.4. The van der Waals surface area contributed by atoms with Crippen LogP contribution < -0.4 is 5.32 Å². The monoisotopic (exact) mass is 351 g/mol. The Morgan fingerprint density at radius 1 is 1.57 bits per heavy atom. The van der Waals surface area contributed by atoms with Crippen molar-refractivity contribution in [3.63, 3.8) is 0 Å². The molecule has 0 bridgehead atoms. The van der Waals surface area contributed by atoms with Crippen molar-refractivity contribution < 1.29 is 14.3 Å². The highest BCUT2D eigenvalue weighted by molar-refractivity contribution is 9.10. The molecule has 0 saturated heterocycles. The van der Waals surface area contributed by atoms with Gasteiger partial charge in [0.25, 0.3) is 5.91 Å². The van der Waals surface area contributed by atoms with Crippen molar-refractivity contribution in [2.45, 2.75) is 25.3 Å². The number of aromatic nitrogens is 1. The molecule has 21 heavy (non-hydrogen) atoms. The van der Waals surface area contributed by atoms with Gasteiger partial charge in [-0.1, -0.05) is 0 Å². The average molecular weight is 352 g/mol. The predicted molar refractivity (Wildman–Crippen MR) is 77.1 cm³/mol. The molecule has 0 spiro atoms. The van der Waals surface area contributed by atoms with Crippen LogP contribution in [0.1, 0.15) is 30.1 Å². The molecule has 110 valence electrons. The maximum atomic E-state index is 11.8. The van der Waals surface area contributed by atoms with Gasteiger partial charge in [0.1, 0.15) is 5.54 Å². The van der Waals surface area contributed by atoms with E-state index in [1.54, 1.807) is 13.0 Å². The summed E-state index contributed by atoms with van der Waals surface area (Å²) < 4.78 is 5.56. The molecule has 2 rings (SSSR count). The second-order valence-electron chi connectivity index (χ2n) is 5.10. The molecule has 1 amide bonds. The molecule has 1 aliphatic rings. The minimum atomic E-state index is -0.888. The second-order valence-corrected chi connectivity index (χ2v) is 6.02. The van der Waals surface area contributed by atoms with Crippen LogP contribution >= 0.6 is 15.9 Å². The number of amides is 1. The lowest BCUT2D eigenvalue weighted by Gasteiger charge is -2.22. The molecule has 0 aromatic carbocycles. The summed E-state index contributed by atoms with van der Waals surface area (Å²) in [6.45, 7) is 1.26. The molecule has 7 heteroatoms. The van der Waals surface area contributed by atoms with Crippen molar-refractivity contribution in [1.29, 1.82) is 5.26 Å². The van der Waals surface area contributed by atoms with Crippen molar-refractivity contribution in [3.8, 4) is 6.07 Å². The van der Waals surface area contributed by atoms with Crippen LogP contribution in [-0.4, -0.2) is 29.0 Å². The topological polar surface area (TPSA) is 92.1 Å². The molecule has 0 unspecified atom stereocenters. The number of ether oxygens (including phenoxy) is 1. The quantitative estimate of drug-likeness (QED) is 0.816. The lowest BCUT2D eigenvalue weighted by Crippen LogP contribution is -2.48. The summed E-state index contributed by atoms with van der Waals surface area (Å²) in [6, 6.07) is 3.66.